The highest BCUT2D eigenvalue weighted by molar-refractivity contribution is 7.93. The lowest BCUT2D eigenvalue weighted by molar-refractivity contribution is 0.0418. The van der Waals surface area contributed by atoms with E-state index in [4.69, 9.17) is 4.74 Å². The van der Waals surface area contributed by atoms with Crippen LogP contribution >= 0.6 is 0 Å². The van der Waals surface area contributed by atoms with Crippen molar-refractivity contribution in [2.24, 2.45) is 0 Å². The van der Waals surface area contributed by atoms with Crippen LogP contribution in [-0.2, 0) is 20.2 Å². The number of halogens is 2. The number of sulfonamides is 1. The Bertz CT molecular complexity index is 1340. The number of hydrogen-bond donors (Lipinski definition) is 1. The van der Waals surface area contributed by atoms with Crippen molar-refractivity contribution in [2.45, 2.75) is 43.3 Å². The van der Waals surface area contributed by atoms with Crippen LogP contribution in [0, 0.1) is 11.6 Å². The maximum absolute atomic E-state index is 14.4. The minimum atomic E-state index is -3.59. The average Bonchev–Trinajstić information content (AvgIpc) is 2.75. The fourth-order valence-corrected chi connectivity index (χ4v) is 5.65. The predicted molar refractivity (Wildman–Crippen MR) is 123 cm³/mol. The van der Waals surface area contributed by atoms with Gasteiger partial charge in [-0.2, -0.15) is 5.10 Å². The number of aromatic nitrogens is 3. The summed E-state index contributed by atoms with van der Waals surface area (Å²) in [5.74, 6) is -1.06. The average molecular weight is 487 g/mol. The smallest absolute Gasteiger partial charge is 0.241 e. The van der Waals surface area contributed by atoms with Gasteiger partial charge in [0.25, 0.3) is 0 Å². The van der Waals surface area contributed by atoms with E-state index in [2.05, 4.69) is 19.9 Å². The molecule has 1 aliphatic heterocycles. The lowest BCUT2D eigenvalue weighted by atomic mass is 9.69. The number of nitrogens with one attached hydrogen (secondary N) is 1. The standard InChI is InChI=1S/C24H24F2N4O3S/c1-14-9-10-24(2,20-7-4-8-21(27-20)30-34(31,32)15-12-33-13-15)23-16(14)11-19(28-29-23)22-17(25)5-3-6-18(22)26/h3-8,11,14-15H,9-10,12-13H2,1-2H3,(H,27,30)/t14-,24+/m1/s1. The molecule has 0 bridgehead atoms. The summed E-state index contributed by atoms with van der Waals surface area (Å²) >= 11 is 0. The largest absolute Gasteiger partial charge is 0.378 e. The quantitative estimate of drug-likeness (QED) is 0.582. The number of rotatable bonds is 5. The second-order valence-electron chi connectivity index (χ2n) is 9.12. The van der Waals surface area contributed by atoms with Crippen molar-refractivity contribution in [3.63, 3.8) is 0 Å². The lowest BCUT2D eigenvalue weighted by Crippen LogP contribution is -2.43. The SMILES string of the molecule is C[C@@H]1CC[C@@](C)(c2cccc(NS(=O)(=O)C3COC3)n2)c2nnc(-c3c(F)cccc3F)cc21. The summed E-state index contributed by atoms with van der Waals surface area (Å²) < 4.78 is 61.3. The van der Waals surface area contributed by atoms with E-state index < -0.39 is 32.3 Å². The molecule has 1 fully saturated rings. The van der Waals surface area contributed by atoms with Gasteiger partial charge in [0, 0.05) is 0 Å². The maximum atomic E-state index is 14.4. The van der Waals surface area contributed by atoms with E-state index in [0.29, 0.717) is 17.8 Å². The van der Waals surface area contributed by atoms with E-state index >= 15 is 0 Å². The zero-order valence-electron chi connectivity index (χ0n) is 18.8. The number of ether oxygens (including phenoxy) is 1. The van der Waals surface area contributed by atoms with Crippen molar-refractivity contribution in [1.82, 2.24) is 15.2 Å². The van der Waals surface area contributed by atoms with Gasteiger partial charge in [0.05, 0.1) is 41.3 Å². The first-order valence-corrected chi connectivity index (χ1v) is 12.6. The number of hydrogen-bond acceptors (Lipinski definition) is 6. The normalized spacial score (nSPS) is 22.6. The third-order valence-electron chi connectivity index (χ3n) is 6.78. The van der Waals surface area contributed by atoms with Gasteiger partial charge in [-0.1, -0.05) is 19.1 Å². The third kappa shape index (κ3) is 3.84. The summed E-state index contributed by atoms with van der Waals surface area (Å²) in [5.41, 5.74) is 1.45. The van der Waals surface area contributed by atoms with E-state index in [1.165, 1.54) is 18.2 Å². The first kappa shape index (κ1) is 22.8. The second kappa shape index (κ2) is 8.35. The van der Waals surface area contributed by atoms with Gasteiger partial charge < -0.3 is 4.74 Å². The molecule has 1 saturated heterocycles. The Morgan fingerprint density at radius 3 is 2.47 bits per heavy atom. The maximum Gasteiger partial charge on any atom is 0.241 e. The van der Waals surface area contributed by atoms with Crippen molar-refractivity contribution >= 4 is 15.8 Å². The molecule has 3 heterocycles. The molecular weight excluding hydrogens is 462 g/mol. The molecule has 0 radical (unpaired) electrons. The molecule has 1 N–H and O–H groups in total. The molecule has 2 atom stereocenters. The first-order valence-electron chi connectivity index (χ1n) is 11.1. The molecule has 10 heteroatoms. The fourth-order valence-electron chi connectivity index (χ4n) is 4.53. The van der Waals surface area contributed by atoms with Gasteiger partial charge >= 0.3 is 0 Å². The first-order chi connectivity index (χ1) is 16.2. The van der Waals surface area contributed by atoms with E-state index in [-0.39, 0.29) is 36.2 Å². The van der Waals surface area contributed by atoms with Crippen LogP contribution in [0.1, 0.15) is 49.6 Å². The summed E-state index contributed by atoms with van der Waals surface area (Å²) in [6.45, 7) is 4.35. The number of benzene rings is 1. The molecule has 0 saturated carbocycles. The Morgan fingerprint density at radius 1 is 1.09 bits per heavy atom. The monoisotopic (exact) mass is 486 g/mol. The predicted octanol–water partition coefficient (Wildman–Crippen LogP) is 4.16. The number of anilines is 1. The van der Waals surface area contributed by atoms with E-state index in [1.807, 2.05) is 19.9 Å². The zero-order chi connectivity index (χ0) is 24.1. The molecule has 0 unspecified atom stereocenters. The lowest BCUT2D eigenvalue weighted by Gasteiger charge is -2.37. The van der Waals surface area contributed by atoms with Gasteiger partial charge in [-0.15, -0.1) is 5.10 Å². The van der Waals surface area contributed by atoms with E-state index in [1.54, 1.807) is 18.2 Å². The van der Waals surface area contributed by atoms with Crippen molar-refractivity contribution in [2.75, 3.05) is 17.9 Å². The molecule has 7 nitrogen and oxygen atoms in total. The van der Waals surface area contributed by atoms with Crippen molar-refractivity contribution in [3.05, 3.63) is 71.1 Å². The minimum absolute atomic E-state index is 0.104. The van der Waals surface area contributed by atoms with Gasteiger partial charge in [0.15, 0.2) is 0 Å². The van der Waals surface area contributed by atoms with Crippen molar-refractivity contribution < 1.29 is 21.9 Å². The summed E-state index contributed by atoms with van der Waals surface area (Å²) in [4.78, 5) is 4.61. The van der Waals surface area contributed by atoms with Gasteiger partial charge in [0.1, 0.15) is 22.7 Å². The molecule has 34 heavy (non-hydrogen) atoms. The van der Waals surface area contributed by atoms with Crippen LogP contribution < -0.4 is 4.72 Å². The zero-order valence-corrected chi connectivity index (χ0v) is 19.6. The Hall–Kier alpha value is -2.98. The second-order valence-corrected chi connectivity index (χ2v) is 11.1. The van der Waals surface area contributed by atoms with Gasteiger partial charge in [0.2, 0.25) is 10.0 Å². The molecule has 2 aliphatic rings. The van der Waals surface area contributed by atoms with Gasteiger partial charge in [-0.25, -0.2) is 22.2 Å². The summed E-state index contributed by atoms with van der Waals surface area (Å²) in [6, 6.07) is 10.6. The molecule has 3 aromatic rings. The minimum Gasteiger partial charge on any atom is -0.378 e. The third-order valence-corrected chi connectivity index (χ3v) is 8.42. The highest BCUT2D eigenvalue weighted by Crippen LogP contribution is 2.46. The van der Waals surface area contributed by atoms with Gasteiger partial charge in [-0.05, 0) is 61.6 Å². The molecule has 0 amide bonds. The van der Waals surface area contributed by atoms with E-state index in [0.717, 1.165) is 12.0 Å². The van der Waals surface area contributed by atoms with Crippen LogP contribution in [-0.4, -0.2) is 42.1 Å². The van der Waals surface area contributed by atoms with Crippen LogP contribution in [0.4, 0.5) is 14.6 Å². The molecule has 2 aromatic heterocycles. The van der Waals surface area contributed by atoms with Crippen LogP contribution in [0.15, 0.2) is 42.5 Å². The van der Waals surface area contributed by atoms with Gasteiger partial charge in [-0.3, -0.25) is 4.72 Å². The number of pyridine rings is 1. The van der Waals surface area contributed by atoms with Crippen LogP contribution in [0.3, 0.4) is 0 Å². The Balaban J connectivity index is 1.54. The molecule has 1 aliphatic carbocycles. The van der Waals surface area contributed by atoms with E-state index in [9.17, 15) is 17.2 Å². The summed E-state index contributed by atoms with van der Waals surface area (Å²) in [5, 5.41) is 8.02. The molecule has 178 valence electrons. The fraction of sp³-hybridized carbons (Fsp3) is 0.375. The van der Waals surface area contributed by atoms with Crippen LogP contribution in [0.25, 0.3) is 11.3 Å². The van der Waals surface area contributed by atoms with Crippen molar-refractivity contribution in [3.8, 4) is 11.3 Å². The Kier molecular flexibility index (Phi) is 5.60. The number of nitrogens with zero attached hydrogens (tertiary/aromatic N) is 3. The molecule has 1 aromatic carbocycles. The molecule has 5 rings (SSSR count). The Labute approximate surface area is 196 Å². The summed E-state index contributed by atoms with van der Waals surface area (Å²) in [6.07, 6.45) is 1.51. The Morgan fingerprint density at radius 2 is 1.79 bits per heavy atom. The topological polar surface area (TPSA) is 94.1 Å². The summed E-state index contributed by atoms with van der Waals surface area (Å²) in [7, 11) is -3.59. The molecule has 0 spiro atoms. The highest BCUT2D eigenvalue weighted by Gasteiger charge is 2.40. The van der Waals surface area contributed by atoms with Crippen molar-refractivity contribution in [1.29, 1.82) is 0 Å². The number of fused-ring (bicyclic) bond motifs is 1. The highest BCUT2D eigenvalue weighted by atomic mass is 32.2. The van der Waals surface area contributed by atoms with Crippen LogP contribution in [0.5, 0.6) is 0 Å². The van der Waals surface area contributed by atoms with Crippen LogP contribution in [0.2, 0.25) is 0 Å². The molecular formula is C24H24F2N4O3S.